The SMILES string of the molecule is CN(C)C=C1C(=O)C(C)(C)CN1C(=O)O. The molecule has 1 N–H and O–H groups in total. The van der Waals surface area contributed by atoms with Crippen LogP contribution in [0.1, 0.15) is 13.8 Å². The molecule has 0 unspecified atom stereocenters. The van der Waals surface area contributed by atoms with Gasteiger partial charge in [-0.1, -0.05) is 13.8 Å². The van der Waals surface area contributed by atoms with Gasteiger partial charge in [-0.3, -0.25) is 9.69 Å². The van der Waals surface area contributed by atoms with Crippen molar-refractivity contribution >= 4 is 11.9 Å². The quantitative estimate of drug-likeness (QED) is 0.658. The topological polar surface area (TPSA) is 60.9 Å². The molecule has 0 aromatic carbocycles. The molecule has 0 saturated carbocycles. The number of carboxylic acid groups (broad SMARTS) is 1. The summed E-state index contributed by atoms with van der Waals surface area (Å²) in [5.41, 5.74) is -0.377. The average Bonchev–Trinajstić information content (AvgIpc) is 2.28. The van der Waals surface area contributed by atoms with Crippen molar-refractivity contribution in [2.24, 2.45) is 5.41 Å². The summed E-state index contributed by atoms with van der Waals surface area (Å²) in [4.78, 5) is 25.6. The second-order valence-corrected chi connectivity index (χ2v) is 4.56. The van der Waals surface area contributed by atoms with Crippen molar-refractivity contribution in [1.82, 2.24) is 9.80 Å². The van der Waals surface area contributed by atoms with E-state index in [0.717, 1.165) is 4.90 Å². The lowest BCUT2D eigenvalue weighted by molar-refractivity contribution is -0.121. The van der Waals surface area contributed by atoms with Crippen LogP contribution < -0.4 is 0 Å². The molecular weight excluding hydrogens is 196 g/mol. The minimum Gasteiger partial charge on any atom is -0.465 e. The van der Waals surface area contributed by atoms with Gasteiger partial charge in [0.25, 0.3) is 0 Å². The molecule has 1 heterocycles. The molecule has 1 aliphatic heterocycles. The van der Waals surface area contributed by atoms with Crippen LogP contribution in [0, 0.1) is 5.41 Å². The van der Waals surface area contributed by atoms with Crippen molar-refractivity contribution in [2.75, 3.05) is 20.6 Å². The molecule has 0 bridgehead atoms. The maximum atomic E-state index is 11.9. The van der Waals surface area contributed by atoms with Crippen LogP contribution in [0.3, 0.4) is 0 Å². The van der Waals surface area contributed by atoms with E-state index in [-0.39, 0.29) is 18.0 Å². The number of carbonyl (C=O) groups is 2. The molecule has 1 aliphatic rings. The van der Waals surface area contributed by atoms with Gasteiger partial charge in [0, 0.05) is 32.3 Å². The number of hydrogen-bond donors (Lipinski definition) is 1. The zero-order valence-electron chi connectivity index (χ0n) is 9.44. The summed E-state index contributed by atoms with van der Waals surface area (Å²) in [5, 5.41) is 8.96. The van der Waals surface area contributed by atoms with Crippen LogP contribution in [-0.4, -0.2) is 47.4 Å². The molecule has 15 heavy (non-hydrogen) atoms. The maximum absolute atomic E-state index is 11.9. The van der Waals surface area contributed by atoms with E-state index >= 15 is 0 Å². The predicted molar refractivity (Wildman–Crippen MR) is 55.3 cm³/mol. The van der Waals surface area contributed by atoms with Crippen molar-refractivity contribution in [3.05, 3.63) is 11.9 Å². The number of nitrogens with zero attached hydrogens (tertiary/aromatic N) is 2. The summed E-state index contributed by atoms with van der Waals surface area (Å²) < 4.78 is 0. The number of allylic oxidation sites excluding steroid dienone is 1. The second-order valence-electron chi connectivity index (χ2n) is 4.56. The van der Waals surface area contributed by atoms with E-state index in [1.165, 1.54) is 0 Å². The second kappa shape index (κ2) is 3.56. The molecule has 0 spiro atoms. The molecule has 5 heteroatoms. The molecule has 0 radical (unpaired) electrons. The van der Waals surface area contributed by atoms with Gasteiger partial charge >= 0.3 is 6.09 Å². The highest BCUT2D eigenvalue weighted by atomic mass is 16.4. The highest BCUT2D eigenvalue weighted by Gasteiger charge is 2.44. The molecule has 84 valence electrons. The molecule has 1 fully saturated rings. The van der Waals surface area contributed by atoms with Crippen molar-refractivity contribution in [1.29, 1.82) is 0 Å². The van der Waals surface area contributed by atoms with E-state index in [9.17, 15) is 9.59 Å². The van der Waals surface area contributed by atoms with Gasteiger partial charge in [0.1, 0.15) is 5.70 Å². The van der Waals surface area contributed by atoms with Crippen molar-refractivity contribution in [3.63, 3.8) is 0 Å². The summed E-state index contributed by atoms with van der Waals surface area (Å²) in [6, 6.07) is 0. The lowest BCUT2D eigenvalue weighted by Gasteiger charge is -2.15. The minimum atomic E-state index is -1.08. The van der Waals surface area contributed by atoms with Gasteiger partial charge in [-0.2, -0.15) is 0 Å². The Labute approximate surface area is 89.0 Å². The van der Waals surface area contributed by atoms with Gasteiger partial charge in [0.15, 0.2) is 5.78 Å². The number of carbonyl (C=O) groups excluding carboxylic acids is 1. The smallest absolute Gasteiger partial charge is 0.412 e. The minimum absolute atomic E-state index is 0.126. The van der Waals surface area contributed by atoms with Crippen LogP contribution in [0.15, 0.2) is 11.9 Å². The van der Waals surface area contributed by atoms with Crippen LogP contribution >= 0.6 is 0 Å². The Morgan fingerprint density at radius 3 is 2.47 bits per heavy atom. The highest BCUT2D eigenvalue weighted by Crippen LogP contribution is 2.32. The van der Waals surface area contributed by atoms with E-state index in [2.05, 4.69) is 0 Å². The monoisotopic (exact) mass is 212 g/mol. The first kappa shape index (κ1) is 11.6. The van der Waals surface area contributed by atoms with Gasteiger partial charge in [0.2, 0.25) is 0 Å². The van der Waals surface area contributed by atoms with Crippen LogP contribution in [-0.2, 0) is 4.79 Å². The van der Waals surface area contributed by atoms with Crippen LogP contribution in [0.25, 0.3) is 0 Å². The zero-order chi connectivity index (χ0) is 11.8. The van der Waals surface area contributed by atoms with Crippen LogP contribution in [0.5, 0.6) is 0 Å². The van der Waals surface area contributed by atoms with E-state index in [1.807, 2.05) is 0 Å². The first-order chi connectivity index (χ1) is 6.75. The fraction of sp³-hybridized carbons (Fsp3) is 0.600. The van der Waals surface area contributed by atoms with Crippen molar-refractivity contribution < 1.29 is 14.7 Å². The fourth-order valence-corrected chi connectivity index (χ4v) is 1.57. The number of likely N-dealkylation sites (tertiary alicyclic amines) is 1. The maximum Gasteiger partial charge on any atom is 0.412 e. The van der Waals surface area contributed by atoms with Crippen LogP contribution in [0.4, 0.5) is 4.79 Å². The molecule has 1 amide bonds. The summed E-state index contributed by atoms with van der Waals surface area (Å²) >= 11 is 0. The Bertz CT molecular complexity index is 332. The van der Waals surface area contributed by atoms with Crippen molar-refractivity contribution in [3.8, 4) is 0 Å². The Kier molecular flexibility index (Phi) is 2.75. The molecular formula is C10H16N2O3. The lowest BCUT2D eigenvalue weighted by Crippen LogP contribution is -2.28. The standard InChI is InChI=1S/C10H16N2O3/c1-10(2)6-12(9(14)15)7(8(10)13)5-11(3)4/h5H,6H2,1-4H3,(H,14,15). The first-order valence-corrected chi connectivity index (χ1v) is 4.69. The molecule has 0 atom stereocenters. The summed E-state index contributed by atoms with van der Waals surface area (Å²) in [6.45, 7) is 3.73. The summed E-state index contributed by atoms with van der Waals surface area (Å²) in [5.74, 6) is -0.126. The van der Waals surface area contributed by atoms with E-state index < -0.39 is 11.5 Å². The van der Waals surface area contributed by atoms with Gasteiger partial charge in [0.05, 0.1) is 0 Å². The normalized spacial score (nSPS) is 22.3. The lowest BCUT2D eigenvalue weighted by atomic mass is 9.91. The Balaban J connectivity index is 3.11. The predicted octanol–water partition coefficient (Wildman–Crippen LogP) is 0.978. The Morgan fingerprint density at radius 1 is 1.53 bits per heavy atom. The van der Waals surface area contributed by atoms with E-state index in [4.69, 9.17) is 5.11 Å². The largest absolute Gasteiger partial charge is 0.465 e. The zero-order valence-corrected chi connectivity index (χ0v) is 9.44. The van der Waals surface area contributed by atoms with E-state index in [1.54, 1.807) is 39.0 Å². The third-order valence-electron chi connectivity index (χ3n) is 2.30. The third kappa shape index (κ3) is 2.11. The average molecular weight is 212 g/mol. The summed E-state index contributed by atoms with van der Waals surface area (Å²) in [7, 11) is 3.51. The fourth-order valence-electron chi connectivity index (χ4n) is 1.57. The molecule has 5 nitrogen and oxygen atoms in total. The Morgan fingerprint density at radius 2 is 2.07 bits per heavy atom. The number of Topliss-reactive ketones (excluding diaryl/α,β-unsaturated/α-hetero) is 1. The van der Waals surface area contributed by atoms with Gasteiger partial charge in [-0.15, -0.1) is 0 Å². The van der Waals surface area contributed by atoms with Gasteiger partial charge in [-0.25, -0.2) is 4.79 Å². The van der Waals surface area contributed by atoms with Crippen LogP contribution in [0.2, 0.25) is 0 Å². The highest BCUT2D eigenvalue weighted by molar-refractivity contribution is 6.04. The molecule has 1 saturated heterocycles. The van der Waals surface area contributed by atoms with Gasteiger partial charge < -0.3 is 10.0 Å². The number of amides is 1. The van der Waals surface area contributed by atoms with Crippen molar-refractivity contribution in [2.45, 2.75) is 13.8 Å². The van der Waals surface area contributed by atoms with Gasteiger partial charge in [-0.05, 0) is 0 Å². The molecule has 0 aliphatic carbocycles. The van der Waals surface area contributed by atoms with E-state index in [0.29, 0.717) is 0 Å². The molecule has 0 aromatic rings. The summed E-state index contributed by atoms with van der Waals surface area (Å²) in [6.07, 6.45) is 0.465. The number of ketones is 1. The Hall–Kier alpha value is -1.52. The number of hydrogen-bond acceptors (Lipinski definition) is 3. The molecule has 0 aromatic heterocycles. The number of rotatable bonds is 1. The first-order valence-electron chi connectivity index (χ1n) is 4.69. The molecule has 1 rings (SSSR count). The third-order valence-corrected chi connectivity index (χ3v) is 2.30.